The van der Waals surface area contributed by atoms with E-state index in [4.69, 9.17) is 5.11 Å². The van der Waals surface area contributed by atoms with Gasteiger partial charge in [-0.2, -0.15) is 0 Å². The zero-order valence-corrected chi connectivity index (χ0v) is 11.4. The molecule has 1 aromatic rings. The Kier molecular flexibility index (Phi) is 4.34. The second-order valence-corrected chi connectivity index (χ2v) is 6.54. The molecule has 0 fully saturated rings. The first-order valence-electron chi connectivity index (χ1n) is 5.54. The summed E-state index contributed by atoms with van der Waals surface area (Å²) in [6, 6.07) is 5.75. The molecule has 0 atom stereocenters. The van der Waals surface area contributed by atoms with Crippen molar-refractivity contribution < 1.29 is 18.3 Å². The second-order valence-electron chi connectivity index (χ2n) is 4.49. The lowest BCUT2D eigenvalue weighted by Crippen LogP contribution is -2.30. The summed E-state index contributed by atoms with van der Waals surface area (Å²) in [5.74, 6) is -0.936. The van der Waals surface area contributed by atoms with Gasteiger partial charge in [-0.15, -0.1) is 0 Å². The van der Waals surface area contributed by atoms with Crippen molar-refractivity contribution >= 4 is 21.7 Å². The summed E-state index contributed by atoms with van der Waals surface area (Å²) < 4.78 is 25.1. The van der Waals surface area contributed by atoms with Crippen molar-refractivity contribution in [2.75, 3.05) is 17.1 Å². The molecule has 0 radical (unpaired) electrons. The van der Waals surface area contributed by atoms with Crippen molar-refractivity contribution in [2.45, 2.75) is 13.8 Å². The predicted octanol–water partition coefficient (Wildman–Crippen LogP) is 1.81. The summed E-state index contributed by atoms with van der Waals surface area (Å²) in [6.07, 6.45) is 0. The van der Waals surface area contributed by atoms with Gasteiger partial charge in [0, 0.05) is 7.05 Å². The molecule has 0 aliphatic rings. The zero-order chi connectivity index (χ0) is 13.9. The van der Waals surface area contributed by atoms with Crippen LogP contribution in [0.2, 0.25) is 0 Å². The maximum atomic E-state index is 12.0. The Labute approximate surface area is 107 Å². The molecular weight excluding hydrogens is 254 g/mol. The highest BCUT2D eigenvalue weighted by molar-refractivity contribution is 7.92. The number of carbonyl (C=O) groups is 1. The smallest absolute Gasteiger partial charge is 0.335 e. The van der Waals surface area contributed by atoms with E-state index in [-0.39, 0.29) is 17.2 Å². The Morgan fingerprint density at radius 2 is 1.78 bits per heavy atom. The number of carboxylic acid groups (broad SMARTS) is 1. The molecule has 0 heterocycles. The van der Waals surface area contributed by atoms with Crippen LogP contribution in [0.5, 0.6) is 0 Å². The molecule has 18 heavy (non-hydrogen) atoms. The Bertz CT molecular complexity index is 520. The monoisotopic (exact) mass is 271 g/mol. The molecule has 1 rings (SSSR count). The maximum Gasteiger partial charge on any atom is 0.335 e. The molecule has 0 aliphatic heterocycles. The Hall–Kier alpha value is -1.56. The summed E-state index contributed by atoms with van der Waals surface area (Å²) in [5.41, 5.74) is 0.592. The van der Waals surface area contributed by atoms with E-state index in [1.165, 1.54) is 35.6 Å². The molecule has 0 aliphatic carbocycles. The van der Waals surface area contributed by atoms with E-state index in [1.807, 2.05) is 13.8 Å². The average Bonchev–Trinajstić information content (AvgIpc) is 2.26. The highest BCUT2D eigenvalue weighted by Crippen LogP contribution is 2.18. The molecule has 0 unspecified atom stereocenters. The number of hydrogen-bond acceptors (Lipinski definition) is 3. The van der Waals surface area contributed by atoms with Crippen LogP contribution in [0.3, 0.4) is 0 Å². The minimum absolute atomic E-state index is 0.0377. The minimum Gasteiger partial charge on any atom is -0.478 e. The molecule has 6 heteroatoms. The van der Waals surface area contributed by atoms with Gasteiger partial charge in [-0.3, -0.25) is 4.31 Å². The molecule has 0 saturated carbocycles. The van der Waals surface area contributed by atoms with Gasteiger partial charge in [0.15, 0.2) is 0 Å². The molecule has 100 valence electrons. The van der Waals surface area contributed by atoms with Gasteiger partial charge in [0.05, 0.1) is 17.0 Å². The normalized spacial score (nSPS) is 11.6. The third-order valence-electron chi connectivity index (χ3n) is 2.44. The summed E-state index contributed by atoms with van der Waals surface area (Å²) in [4.78, 5) is 10.7. The van der Waals surface area contributed by atoms with E-state index in [2.05, 4.69) is 0 Å². The van der Waals surface area contributed by atoms with E-state index in [9.17, 15) is 13.2 Å². The topological polar surface area (TPSA) is 74.7 Å². The average molecular weight is 271 g/mol. The lowest BCUT2D eigenvalue weighted by atomic mass is 10.2. The van der Waals surface area contributed by atoms with Crippen molar-refractivity contribution in [1.29, 1.82) is 0 Å². The summed E-state index contributed by atoms with van der Waals surface area (Å²) in [7, 11) is -1.89. The Morgan fingerprint density at radius 1 is 1.28 bits per heavy atom. The number of anilines is 1. The van der Waals surface area contributed by atoms with Gasteiger partial charge in [0.2, 0.25) is 10.0 Å². The van der Waals surface area contributed by atoms with Crippen molar-refractivity contribution in [3.05, 3.63) is 29.8 Å². The molecule has 1 aromatic carbocycles. The van der Waals surface area contributed by atoms with Crippen molar-refractivity contribution in [1.82, 2.24) is 0 Å². The van der Waals surface area contributed by atoms with Crippen molar-refractivity contribution in [3.8, 4) is 0 Å². The number of sulfonamides is 1. The molecule has 0 amide bonds. The number of rotatable bonds is 5. The van der Waals surface area contributed by atoms with E-state index >= 15 is 0 Å². The van der Waals surface area contributed by atoms with E-state index in [1.54, 1.807) is 0 Å². The SMILES string of the molecule is CC(C)CS(=O)(=O)N(C)c1ccc(C(=O)O)cc1. The number of aromatic carboxylic acids is 1. The van der Waals surface area contributed by atoms with Gasteiger partial charge in [-0.25, -0.2) is 13.2 Å². The molecular formula is C12H17NO4S. The van der Waals surface area contributed by atoms with Crippen LogP contribution in [0.25, 0.3) is 0 Å². The quantitative estimate of drug-likeness (QED) is 0.886. The highest BCUT2D eigenvalue weighted by atomic mass is 32.2. The predicted molar refractivity (Wildman–Crippen MR) is 70.4 cm³/mol. The highest BCUT2D eigenvalue weighted by Gasteiger charge is 2.20. The molecule has 0 saturated heterocycles. The third kappa shape index (κ3) is 3.46. The Balaban J connectivity index is 2.97. The van der Waals surface area contributed by atoms with Gasteiger partial charge in [-0.1, -0.05) is 13.8 Å². The van der Waals surface area contributed by atoms with Crippen LogP contribution in [-0.4, -0.2) is 32.3 Å². The van der Waals surface area contributed by atoms with Crippen LogP contribution in [0.15, 0.2) is 24.3 Å². The van der Waals surface area contributed by atoms with Crippen LogP contribution in [-0.2, 0) is 10.0 Å². The minimum atomic E-state index is -3.36. The second kappa shape index (κ2) is 5.39. The van der Waals surface area contributed by atoms with Crippen LogP contribution in [0, 0.1) is 5.92 Å². The molecule has 5 nitrogen and oxygen atoms in total. The van der Waals surface area contributed by atoms with Gasteiger partial charge >= 0.3 is 5.97 Å². The van der Waals surface area contributed by atoms with E-state index in [0.29, 0.717) is 5.69 Å². The standard InChI is InChI=1S/C12H17NO4S/c1-9(2)8-18(16,17)13(3)11-6-4-10(5-7-11)12(14)15/h4-7,9H,8H2,1-3H3,(H,14,15). The lowest BCUT2D eigenvalue weighted by molar-refractivity contribution is 0.0697. The van der Waals surface area contributed by atoms with Crippen molar-refractivity contribution in [2.24, 2.45) is 5.92 Å². The van der Waals surface area contributed by atoms with Gasteiger partial charge < -0.3 is 5.11 Å². The van der Waals surface area contributed by atoms with Crippen LogP contribution in [0.1, 0.15) is 24.2 Å². The number of benzene rings is 1. The fourth-order valence-corrected chi connectivity index (χ4v) is 3.02. The first-order valence-corrected chi connectivity index (χ1v) is 7.15. The van der Waals surface area contributed by atoms with Crippen LogP contribution >= 0.6 is 0 Å². The summed E-state index contributed by atoms with van der Waals surface area (Å²) >= 11 is 0. The largest absolute Gasteiger partial charge is 0.478 e. The van der Waals surface area contributed by atoms with Crippen molar-refractivity contribution in [3.63, 3.8) is 0 Å². The zero-order valence-electron chi connectivity index (χ0n) is 10.6. The summed E-state index contributed by atoms with van der Waals surface area (Å²) in [6.45, 7) is 3.66. The molecule has 0 spiro atoms. The summed E-state index contributed by atoms with van der Waals surface area (Å²) in [5, 5.41) is 8.76. The lowest BCUT2D eigenvalue weighted by Gasteiger charge is -2.20. The number of hydrogen-bond donors (Lipinski definition) is 1. The van der Waals surface area contributed by atoms with E-state index < -0.39 is 16.0 Å². The number of nitrogens with zero attached hydrogens (tertiary/aromatic N) is 1. The third-order valence-corrected chi connectivity index (χ3v) is 4.57. The molecule has 0 bridgehead atoms. The fraction of sp³-hybridized carbons (Fsp3) is 0.417. The first kappa shape index (κ1) is 14.5. The number of carboxylic acids is 1. The van der Waals surface area contributed by atoms with Crippen LogP contribution in [0.4, 0.5) is 5.69 Å². The van der Waals surface area contributed by atoms with E-state index in [0.717, 1.165) is 0 Å². The van der Waals surface area contributed by atoms with Gasteiger partial charge in [-0.05, 0) is 30.2 Å². The molecule has 1 N–H and O–H groups in total. The molecule has 0 aromatic heterocycles. The van der Waals surface area contributed by atoms with Gasteiger partial charge in [0.1, 0.15) is 0 Å². The fourth-order valence-electron chi connectivity index (χ4n) is 1.51. The van der Waals surface area contributed by atoms with Gasteiger partial charge in [0.25, 0.3) is 0 Å². The maximum absolute atomic E-state index is 12.0. The van der Waals surface area contributed by atoms with Crippen LogP contribution < -0.4 is 4.31 Å². The Morgan fingerprint density at radius 3 is 2.17 bits per heavy atom. The first-order chi connectivity index (χ1) is 8.24.